The first-order chi connectivity index (χ1) is 8.20. The van der Waals surface area contributed by atoms with Gasteiger partial charge in [0.05, 0.1) is 5.52 Å². The molecule has 0 amide bonds. The lowest BCUT2D eigenvalue weighted by Gasteiger charge is -2.14. The Morgan fingerprint density at radius 2 is 2.00 bits per heavy atom. The fraction of sp³-hybridized carbons (Fsp3) is 0.429. The van der Waals surface area contributed by atoms with Gasteiger partial charge in [0.2, 0.25) is 0 Å². The third kappa shape index (κ3) is 2.86. The second-order valence-corrected chi connectivity index (χ2v) is 4.53. The van der Waals surface area contributed by atoms with Gasteiger partial charge in [-0.05, 0) is 50.2 Å². The number of rotatable bonds is 5. The van der Waals surface area contributed by atoms with Crippen LogP contribution in [0.1, 0.15) is 18.9 Å². The van der Waals surface area contributed by atoms with E-state index in [2.05, 4.69) is 24.9 Å². The topological polar surface area (TPSA) is 7.65 Å². The molecule has 0 saturated heterocycles. The number of likely N-dealkylation sites (N-methyl/N-ethyl adjacent to an activating group) is 1. The third-order valence-corrected chi connectivity index (χ3v) is 3.08. The summed E-state index contributed by atoms with van der Waals surface area (Å²) in [7, 11) is 2.13. The van der Waals surface area contributed by atoms with Gasteiger partial charge in [0.15, 0.2) is 0 Å². The first-order valence-electron chi connectivity index (χ1n) is 6.14. The Kier molecular flexibility index (Phi) is 3.79. The summed E-state index contributed by atoms with van der Waals surface area (Å²) >= 11 is 0. The van der Waals surface area contributed by atoms with Crippen LogP contribution < -0.4 is 0 Å². The fourth-order valence-electron chi connectivity index (χ4n) is 2.15. The van der Waals surface area contributed by atoms with Crippen molar-refractivity contribution in [1.82, 2.24) is 9.30 Å². The maximum Gasteiger partial charge on any atom is 0.126 e. The molecule has 0 bridgehead atoms. The van der Waals surface area contributed by atoms with Crippen molar-refractivity contribution in [2.24, 2.45) is 0 Å². The lowest BCUT2D eigenvalue weighted by molar-refractivity contribution is 0.339. The molecule has 2 aromatic heterocycles. The van der Waals surface area contributed by atoms with Crippen molar-refractivity contribution < 1.29 is 4.39 Å². The molecular formula is C14H19FN2. The summed E-state index contributed by atoms with van der Waals surface area (Å²) in [5, 5.41) is 0. The van der Waals surface area contributed by atoms with Crippen LogP contribution in [0.4, 0.5) is 4.39 Å². The van der Waals surface area contributed by atoms with Gasteiger partial charge in [-0.1, -0.05) is 6.92 Å². The summed E-state index contributed by atoms with van der Waals surface area (Å²) in [6.45, 7) is 4.31. The van der Waals surface area contributed by atoms with Gasteiger partial charge in [-0.2, -0.15) is 0 Å². The van der Waals surface area contributed by atoms with Crippen molar-refractivity contribution in [2.45, 2.75) is 19.8 Å². The molecule has 0 spiro atoms. The molecule has 0 atom stereocenters. The average Bonchev–Trinajstić information content (AvgIpc) is 2.69. The third-order valence-electron chi connectivity index (χ3n) is 3.08. The molecule has 2 heterocycles. The highest BCUT2D eigenvalue weighted by molar-refractivity contribution is 5.55. The molecule has 17 heavy (non-hydrogen) atoms. The van der Waals surface area contributed by atoms with E-state index in [1.54, 1.807) is 12.3 Å². The maximum absolute atomic E-state index is 13.2. The summed E-state index contributed by atoms with van der Waals surface area (Å²) in [6, 6.07) is 5.17. The molecule has 0 aliphatic heterocycles. The first kappa shape index (κ1) is 12.1. The number of nitrogens with zero attached hydrogens (tertiary/aromatic N) is 2. The van der Waals surface area contributed by atoms with Gasteiger partial charge >= 0.3 is 0 Å². The minimum atomic E-state index is -0.167. The van der Waals surface area contributed by atoms with Gasteiger partial charge in [0.25, 0.3) is 0 Å². The summed E-state index contributed by atoms with van der Waals surface area (Å²) in [4.78, 5) is 2.31. The highest BCUT2D eigenvalue weighted by atomic mass is 19.1. The SMILES string of the molecule is CCCN(C)CCc1ccn2ccc(F)cc12. The molecule has 3 heteroatoms. The minimum Gasteiger partial charge on any atom is -0.323 e. The number of hydrogen-bond acceptors (Lipinski definition) is 1. The lowest BCUT2D eigenvalue weighted by Crippen LogP contribution is -2.21. The molecule has 0 aliphatic carbocycles. The average molecular weight is 234 g/mol. The van der Waals surface area contributed by atoms with Crippen LogP contribution in [0.3, 0.4) is 0 Å². The van der Waals surface area contributed by atoms with E-state index >= 15 is 0 Å². The fourth-order valence-corrected chi connectivity index (χ4v) is 2.15. The van der Waals surface area contributed by atoms with Crippen molar-refractivity contribution in [1.29, 1.82) is 0 Å². The monoisotopic (exact) mass is 234 g/mol. The summed E-state index contributed by atoms with van der Waals surface area (Å²) < 4.78 is 15.2. The van der Waals surface area contributed by atoms with Crippen molar-refractivity contribution in [3.63, 3.8) is 0 Å². The Balaban J connectivity index is 2.10. The molecule has 0 aliphatic rings. The number of hydrogen-bond donors (Lipinski definition) is 0. The van der Waals surface area contributed by atoms with E-state index in [9.17, 15) is 4.39 Å². The van der Waals surface area contributed by atoms with Gasteiger partial charge in [0, 0.05) is 18.9 Å². The molecule has 0 radical (unpaired) electrons. The Hall–Kier alpha value is -1.35. The number of halogens is 1. The van der Waals surface area contributed by atoms with Crippen molar-refractivity contribution in [3.05, 3.63) is 42.0 Å². The van der Waals surface area contributed by atoms with E-state index in [-0.39, 0.29) is 5.82 Å². The van der Waals surface area contributed by atoms with Crippen molar-refractivity contribution in [3.8, 4) is 0 Å². The van der Waals surface area contributed by atoms with Crippen molar-refractivity contribution in [2.75, 3.05) is 20.1 Å². The second-order valence-electron chi connectivity index (χ2n) is 4.53. The van der Waals surface area contributed by atoms with E-state index in [1.165, 1.54) is 18.1 Å². The smallest absolute Gasteiger partial charge is 0.126 e. The van der Waals surface area contributed by atoms with Crippen LogP contribution in [0.2, 0.25) is 0 Å². The van der Waals surface area contributed by atoms with E-state index in [1.807, 2.05) is 10.6 Å². The molecule has 92 valence electrons. The van der Waals surface area contributed by atoms with E-state index < -0.39 is 0 Å². The first-order valence-corrected chi connectivity index (χ1v) is 6.14. The van der Waals surface area contributed by atoms with Crippen LogP contribution in [-0.2, 0) is 6.42 Å². The molecule has 2 rings (SSSR count). The second kappa shape index (κ2) is 5.32. The van der Waals surface area contributed by atoms with E-state index in [0.29, 0.717) is 0 Å². The van der Waals surface area contributed by atoms with Gasteiger partial charge in [-0.3, -0.25) is 0 Å². The number of pyridine rings is 1. The van der Waals surface area contributed by atoms with Crippen LogP contribution in [-0.4, -0.2) is 29.4 Å². The van der Waals surface area contributed by atoms with Gasteiger partial charge < -0.3 is 9.30 Å². The molecule has 0 aromatic carbocycles. The zero-order chi connectivity index (χ0) is 12.3. The van der Waals surface area contributed by atoms with Gasteiger partial charge in [-0.25, -0.2) is 4.39 Å². The van der Waals surface area contributed by atoms with E-state index in [0.717, 1.165) is 25.0 Å². The van der Waals surface area contributed by atoms with Crippen LogP contribution in [0.25, 0.3) is 5.52 Å². The lowest BCUT2D eigenvalue weighted by atomic mass is 10.2. The maximum atomic E-state index is 13.2. The van der Waals surface area contributed by atoms with Gasteiger partial charge in [-0.15, -0.1) is 0 Å². The molecule has 2 nitrogen and oxygen atoms in total. The molecule has 2 aromatic rings. The molecule has 0 N–H and O–H groups in total. The largest absolute Gasteiger partial charge is 0.323 e. The predicted octanol–water partition coefficient (Wildman–Crippen LogP) is 2.96. The normalized spacial score (nSPS) is 11.5. The highest BCUT2D eigenvalue weighted by Gasteiger charge is 2.05. The minimum absolute atomic E-state index is 0.167. The van der Waals surface area contributed by atoms with Crippen LogP contribution in [0.5, 0.6) is 0 Å². The van der Waals surface area contributed by atoms with Gasteiger partial charge in [0.1, 0.15) is 5.82 Å². The summed E-state index contributed by atoms with van der Waals surface area (Å²) in [5.74, 6) is -0.167. The molecular weight excluding hydrogens is 215 g/mol. The van der Waals surface area contributed by atoms with E-state index in [4.69, 9.17) is 0 Å². The Morgan fingerprint density at radius 3 is 2.76 bits per heavy atom. The number of fused-ring (bicyclic) bond motifs is 1. The van der Waals surface area contributed by atoms with Crippen LogP contribution in [0, 0.1) is 5.82 Å². The molecule has 0 unspecified atom stereocenters. The zero-order valence-electron chi connectivity index (χ0n) is 10.5. The van der Waals surface area contributed by atoms with Crippen LogP contribution in [0.15, 0.2) is 30.6 Å². The molecule has 0 saturated carbocycles. The van der Waals surface area contributed by atoms with Crippen LogP contribution >= 0.6 is 0 Å². The zero-order valence-corrected chi connectivity index (χ0v) is 10.5. The molecule has 0 fully saturated rings. The summed E-state index contributed by atoms with van der Waals surface area (Å²) in [5.41, 5.74) is 2.20. The standard InChI is InChI=1S/C14H19FN2/c1-3-7-16(2)8-4-12-5-9-17-10-6-13(15)11-14(12)17/h5-6,9-11H,3-4,7-8H2,1-2H3. The van der Waals surface area contributed by atoms with Crippen molar-refractivity contribution >= 4 is 5.52 Å². The quantitative estimate of drug-likeness (QED) is 0.772. The highest BCUT2D eigenvalue weighted by Crippen LogP contribution is 2.15. The number of aromatic nitrogens is 1. The Bertz CT molecular complexity index is 490. The summed E-state index contributed by atoms with van der Waals surface area (Å²) in [6.07, 6.45) is 5.89. The Morgan fingerprint density at radius 1 is 1.24 bits per heavy atom. The predicted molar refractivity (Wildman–Crippen MR) is 68.8 cm³/mol. The Labute approximate surface area is 102 Å².